The van der Waals surface area contributed by atoms with Crippen LogP contribution < -0.4 is 0 Å². The fraction of sp³-hybridized carbons (Fsp3) is 0.700. The van der Waals surface area contributed by atoms with Gasteiger partial charge in [0.2, 0.25) is 0 Å². The fourth-order valence-electron chi connectivity index (χ4n) is 1.05. The van der Waals surface area contributed by atoms with Gasteiger partial charge >= 0.3 is 0 Å². The molecule has 0 spiro atoms. The summed E-state index contributed by atoms with van der Waals surface area (Å²) in [5.74, 6) is 0. The van der Waals surface area contributed by atoms with E-state index in [1.807, 2.05) is 13.8 Å². The van der Waals surface area contributed by atoms with Crippen LogP contribution in [0, 0.1) is 0 Å². The lowest BCUT2D eigenvalue weighted by atomic mass is 10.2. The number of ether oxygens (including phenoxy) is 2. The number of allylic oxidation sites excluding steroid dienone is 1. The standard InChI is InChI=1S/C10H16O2/c1-9(2)6-8-12-10-5-3-4-7-11-10/h8,10H,3-5,7H2,1-2H3. The van der Waals surface area contributed by atoms with E-state index in [0.29, 0.717) is 0 Å². The molecule has 1 rings (SSSR count). The van der Waals surface area contributed by atoms with Crippen LogP contribution in [0.5, 0.6) is 0 Å². The van der Waals surface area contributed by atoms with Crippen LogP contribution in [0.25, 0.3) is 0 Å². The van der Waals surface area contributed by atoms with Crippen LogP contribution in [0.4, 0.5) is 0 Å². The largest absolute Gasteiger partial charge is 0.464 e. The van der Waals surface area contributed by atoms with Crippen LogP contribution in [-0.4, -0.2) is 12.9 Å². The van der Waals surface area contributed by atoms with Crippen LogP contribution in [0.2, 0.25) is 0 Å². The summed E-state index contributed by atoms with van der Waals surface area (Å²) in [5, 5.41) is 0. The zero-order chi connectivity index (χ0) is 8.81. The van der Waals surface area contributed by atoms with E-state index < -0.39 is 0 Å². The van der Waals surface area contributed by atoms with E-state index in [1.165, 1.54) is 6.42 Å². The SMILES string of the molecule is CC(C)=C=COC1CCCCO1. The van der Waals surface area contributed by atoms with Crippen molar-refractivity contribution < 1.29 is 9.47 Å². The molecule has 0 bridgehead atoms. The van der Waals surface area contributed by atoms with Crippen molar-refractivity contribution in [2.75, 3.05) is 6.61 Å². The molecule has 0 aliphatic carbocycles. The van der Waals surface area contributed by atoms with Gasteiger partial charge in [-0.2, -0.15) is 0 Å². The number of rotatable bonds is 2. The summed E-state index contributed by atoms with van der Waals surface area (Å²) in [6, 6.07) is 0. The first-order valence-electron chi connectivity index (χ1n) is 4.44. The first kappa shape index (κ1) is 9.37. The van der Waals surface area contributed by atoms with E-state index in [0.717, 1.165) is 25.0 Å². The summed E-state index contributed by atoms with van der Waals surface area (Å²) in [4.78, 5) is 0. The molecule has 1 heterocycles. The minimum atomic E-state index is -0.0365. The van der Waals surface area contributed by atoms with Crippen molar-refractivity contribution in [3.63, 3.8) is 0 Å². The molecular formula is C10H16O2. The predicted molar refractivity (Wildman–Crippen MR) is 47.6 cm³/mol. The highest BCUT2D eigenvalue weighted by Gasteiger charge is 2.12. The van der Waals surface area contributed by atoms with Crippen molar-refractivity contribution in [3.8, 4) is 0 Å². The van der Waals surface area contributed by atoms with Gasteiger partial charge in [-0.3, -0.25) is 0 Å². The van der Waals surface area contributed by atoms with E-state index in [-0.39, 0.29) is 6.29 Å². The second kappa shape index (κ2) is 5.02. The van der Waals surface area contributed by atoms with Gasteiger partial charge < -0.3 is 9.47 Å². The molecule has 0 aromatic carbocycles. The molecule has 0 radical (unpaired) electrons. The molecule has 1 aliphatic heterocycles. The van der Waals surface area contributed by atoms with E-state index in [2.05, 4.69) is 5.73 Å². The third-order valence-electron chi connectivity index (χ3n) is 1.71. The normalized spacial score (nSPS) is 22.7. The fourth-order valence-corrected chi connectivity index (χ4v) is 1.05. The van der Waals surface area contributed by atoms with Gasteiger partial charge in [-0.1, -0.05) is 5.73 Å². The molecule has 1 saturated heterocycles. The molecule has 1 atom stereocenters. The van der Waals surface area contributed by atoms with Crippen LogP contribution in [0.15, 0.2) is 17.6 Å². The third-order valence-corrected chi connectivity index (χ3v) is 1.71. The molecule has 2 heteroatoms. The zero-order valence-electron chi connectivity index (χ0n) is 7.80. The van der Waals surface area contributed by atoms with E-state index in [4.69, 9.17) is 9.47 Å². The van der Waals surface area contributed by atoms with Crippen LogP contribution in [0.1, 0.15) is 33.1 Å². The first-order chi connectivity index (χ1) is 5.79. The average molecular weight is 168 g/mol. The Hall–Kier alpha value is -0.720. The highest BCUT2D eigenvalue weighted by Crippen LogP contribution is 2.13. The molecule has 12 heavy (non-hydrogen) atoms. The van der Waals surface area contributed by atoms with Crippen molar-refractivity contribution in [1.82, 2.24) is 0 Å². The van der Waals surface area contributed by atoms with Crippen molar-refractivity contribution >= 4 is 0 Å². The van der Waals surface area contributed by atoms with Gasteiger partial charge in [0.25, 0.3) is 0 Å². The van der Waals surface area contributed by atoms with Crippen LogP contribution in [0.3, 0.4) is 0 Å². The minimum absolute atomic E-state index is 0.0365. The summed E-state index contributed by atoms with van der Waals surface area (Å²) >= 11 is 0. The minimum Gasteiger partial charge on any atom is -0.464 e. The Morgan fingerprint density at radius 1 is 1.50 bits per heavy atom. The Balaban J connectivity index is 2.26. The van der Waals surface area contributed by atoms with Crippen LogP contribution in [-0.2, 0) is 9.47 Å². The van der Waals surface area contributed by atoms with Gasteiger partial charge in [-0.05, 0) is 32.3 Å². The molecule has 2 nitrogen and oxygen atoms in total. The quantitative estimate of drug-likeness (QED) is 0.466. The van der Waals surface area contributed by atoms with Crippen molar-refractivity contribution in [2.24, 2.45) is 0 Å². The van der Waals surface area contributed by atoms with E-state index in [1.54, 1.807) is 6.26 Å². The summed E-state index contributed by atoms with van der Waals surface area (Å²) in [5.41, 5.74) is 4.10. The molecule has 0 N–H and O–H groups in total. The lowest BCUT2D eigenvalue weighted by Crippen LogP contribution is -2.19. The van der Waals surface area contributed by atoms with E-state index in [9.17, 15) is 0 Å². The van der Waals surface area contributed by atoms with Crippen LogP contribution >= 0.6 is 0 Å². The molecular weight excluding hydrogens is 152 g/mol. The third kappa shape index (κ3) is 3.61. The lowest BCUT2D eigenvalue weighted by molar-refractivity contribution is -0.129. The molecule has 1 fully saturated rings. The Labute approximate surface area is 73.9 Å². The molecule has 0 aromatic rings. The summed E-state index contributed by atoms with van der Waals surface area (Å²) < 4.78 is 10.7. The van der Waals surface area contributed by atoms with Gasteiger partial charge in [0, 0.05) is 6.42 Å². The topological polar surface area (TPSA) is 18.5 Å². The summed E-state index contributed by atoms with van der Waals surface area (Å²) in [6.45, 7) is 4.80. The molecule has 1 aliphatic rings. The van der Waals surface area contributed by atoms with E-state index >= 15 is 0 Å². The predicted octanol–water partition coefficient (Wildman–Crippen LogP) is 2.61. The Kier molecular flexibility index (Phi) is 3.92. The van der Waals surface area contributed by atoms with Gasteiger partial charge in [0.15, 0.2) is 6.29 Å². The molecule has 0 aromatic heterocycles. The highest BCUT2D eigenvalue weighted by molar-refractivity contribution is 4.90. The Morgan fingerprint density at radius 3 is 2.92 bits per heavy atom. The lowest BCUT2D eigenvalue weighted by Gasteiger charge is -2.20. The van der Waals surface area contributed by atoms with Crippen molar-refractivity contribution in [1.29, 1.82) is 0 Å². The van der Waals surface area contributed by atoms with Crippen molar-refractivity contribution in [3.05, 3.63) is 17.6 Å². The highest BCUT2D eigenvalue weighted by atomic mass is 16.7. The molecule has 0 saturated carbocycles. The second-order valence-corrected chi connectivity index (χ2v) is 3.19. The molecule has 0 amide bonds. The van der Waals surface area contributed by atoms with Gasteiger partial charge in [-0.15, -0.1) is 0 Å². The van der Waals surface area contributed by atoms with Gasteiger partial charge in [0.05, 0.1) is 6.61 Å². The first-order valence-corrected chi connectivity index (χ1v) is 4.44. The number of hydrogen-bond acceptors (Lipinski definition) is 2. The summed E-state index contributed by atoms with van der Waals surface area (Å²) in [6.07, 6.45) is 4.93. The maximum atomic E-state index is 5.36. The summed E-state index contributed by atoms with van der Waals surface area (Å²) in [7, 11) is 0. The Morgan fingerprint density at radius 2 is 2.33 bits per heavy atom. The monoisotopic (exact) mass is 168 g/mol. The van der Waals surface area contributed by atoms with Gasteiger partial charge in [0.1, 0.15) is 6.26 Å². The smallest absolute Gasteiger partial charge is 0.199 e. The molecule has 1 unspecified atom stereocenters. The molecule has 68 valence electrons. The van der Waals surface area contributed by atoms with Crippen molar-refractivity contribution in [2.45, 2.75) is 39.4 Å². The Bertz CT molecular complexity index is 180. The maximum Gasteiger partial charge on any atom is 0.199 e. The zero-order valence-corrected chi connectivity index (χ0v) is 7.80. The average Bonchev–Trinajstić information content (AvgIpc) is 2.05. The van der Waals surface area contributed by atoms with Gasteiger partial charge in [-0.25, -0.2) is 0 Å². The maximum absolute atomic E-state index is 5.36. The second-order valence-electron chi connectivity index (χ2n) is 3.19. The number of hydrogen-bond donors (Lipinski definition) is 0.